The quantitative estimate of drug-likeness (QED) is 0.208. The summed E-state index contributed by atoms with van der Waals surface area (Å²) in [7, 11) is 0. The molecule has 1 unspecified atom stereocenters. The zero-order valence-corrected chi connectivity index (χ0v) is 26.0. The van der Waals surface area contributed by atoms with Crippen LogP contribution in [0.1, 0.15) is 18.5 Å². The average Bonchev–Trinajstić information content (AvgIpc) is 3.79. The Morgan fingerprint density at radius 1 is 0.468 bits per heavy atom. The molecule has 10 rings (SSSR count). The van der Waals surface area contributed by atoms with E-state index >= 15 is 0 Å². The van der Waals surface area contributed by atoms with Crippen molar-refractivity contribution < 1.29 is 0 Å². The summed E-state index contributed by atoms with van der Waals surface area (Å²) in [5, 5.41) is 7.56. The minimum atomic E-state index is 0.145. The molecule has 3 nitrogen and oxygen atoms in total. The Labute approximate surface area is 271 Å². The fourth-order valence-electron chi connectivity index (χ4n) is 7.94. The van der Waals surface area contributed by atoms with Crippen molar-refractivity contribution in [2.45, 2.75) is 13.0 Å². The minimum absolute atomic E-state index is 0.145. The van der Waals surface area contributed by atoms with Crippen LogP contribution in [0.15, 0.2) is 158 Å². The zero-order chi connectivity index (χ0) is 31.1. The number of aromatic amines is 1. The highest BCUT2D eigenvalue weighted by molar-refractivity contribution is 6.23. The summed E-state index contributed by atoms with van der Waals surface area (Å²) in [5.74, 6) is 0. The Kier molecular flexibility index (Phi) is 5.55. The first-order valence-electron chi connectivity index (χ1n) is 16.4. The summed E-state index contributed by atoms with van der Waals surface area (Å²) in [4.78, 5) is 3.79. The van der Waals surface area contributed by atoms with Gasteiger partial charge in [0.2, 0.25) is 0 Å². The molecule has 3 heterocycles. The highest BCUT2D eigenvalue weighted by atomic mass is 15.0. The minimum Gasteiger partial charge on any atom is -0.353 e. The largest absolute Gasteiger partial charge is 0.353 e. The molecular formula is C44H31N3. The van der Waals surface area contributed by atoms with E-state index < -0.39 is 0 Å². The molecule has 0 saturated heterocycles. The molecule has 1 atom stereocenters. The molecule has 0 spiro atoms. The third-order valence-electron chi connectivity index (χ3n) is 10.1. The van der Waals surface area contributed by atoms with Gasteiger partial charge in [-0.25, -0.2) is 0 Å². The van der Waals surface area contributed by atoms with E-state index in [4.69, 9.17) is 0 Å². The second kappa shape index (κ2) is 9.97. The van der Waals surface area contributed by atoms with Crippen LogP contribution in [-0.4, -0.2) is 14.1 Å². The van der Waals surface area contributed by atoms with Crippen LogP contribution in [0.4, 0.5) is 0 Å². The van der Waals surface area contributed by atoms with Crippen molar-refractivity contribution >= 4 is 65.4 Å². The van der Waals surface area contributed by atoms with Crippen molar-refractivity contribution in [3.63, 3.8) is 0 Å². The van der Waals surface area contributed by atoms with Gasteiger partial charge in [0.25, 0.3) is 0 Å². The van der Waals surface area contributed by atoms with E-state index in [-0.39, 0.29) is 6.04 Å². The van der Waals surface area contributed by atoms with Crippen molar-refractivity contribution in [1.82, 2.24) is 14.1 Å². The first-order chi connectivity index (χ1) is 23.2. The number of aromatic nitrogens is 3. The van der Waals surface area contributed by atoms with Crippen LogP contribution < -0.4 is 0 Å². The van der Waals surface area contributed by atoms with Gasteiger partial charge in [-0.15, -0.1) is 0 Å². The highest BCUT2D eigenvalue weighted by Gasteiger charge is 2.21. The van der Waals surface area contributed by atoms with Crippen LogP contribution in [0.5, 0.6) is 0 Å². The van der Waals surface area contributed by atoms with Gasteiger partial charge in [-0.05, 0) is 66.1 Å². The van der Waals surface area contributed by atoms with Crippen molar-refractivity contribution in [3.05, 3.63) is 163 Å². The number of fused-ring (bicyclic) bond motifs is 10. The van der Waals surface area contributed by atoms with Crippen molar-refractivity contribution in [2.24, 2.45) is 0 Å². The first-order valence-corrected chi connectivity index (χ1v) is 16.4. The fraction of sp³-hybridized carbons (Fsp3) is 0.0455. The van der Waals surface area contributed by atoms with Crippen LogP contribution in [0.3, 0.4) is 0 Å². The number of hydrogen-bond acceptors (Lipinski definition) is 0. The molecule has 0 fully saturated rings. The first kappa shape index (κ1) is 26.2. The lowest BCUT2D eigenvalue weighted by Gasteiger charge is -2.19. The monoisotopic (exact) mass is 601 g/mol. The Balaban J connectivity index is 1.22. The van der Waals surface area contributed by atoms with E-state index in [0.29, 0.717) is 0 Å². The summed E-state index contributed by atoms with van der Waals surface area (Å²) in [6, 6.07) is 57.7. The fourth-order valence-corrected chi connectivity index (χ4v) is 7.94. The normalized spacial score (nSPS) is 12.7. The molecule has 1 N–H and O–H groups in total. The molecular weight excluding hydrogens is 571 g/mol. The van der Waals surface area contributed by atoms with Crippen LogP contribution in [0.2, 0.25) is 0 Å². The van der Waals surface area contributed by atoms with Crippen molar-refractivity contribution in [2.75, 3.05) is 0 Å². The standard InChI is InChI=1S/C44H31N3/c1-28(30-14-11-15-31(26-30)29-12-3-2-4-13-29)46-40-20-9-7-18-35(40)38-27-32(22-25-42(38)46)47-41-21-10-6-17-34(41)37-24-23-36-33-16-5-8-19-39(33)45-43(36)44(37)47/h2-28,45H,1H3. The van der Waals surface area contributed by atoms with E-state index in [1.807, 2.05) is 0 Å². The molecule has 10 aromatic rings. The van der Waals surface area contributed by atoms with Gasteiger partial charge in [-0.3, -0.25) is 0 Å². The zero-order valence-electron chi connectivity index (χ0n) is 26.0. The average molecular weight is 602 g/mol. The summed E-state index contributed by atoms with van der Waals surface area (Å²) < 4.78 is 4.97. The highest BCUT2D eigenvalue weighted by Crippen LogP contribution is 2.41. The van der Waals surface area contributed by atoms with E-state index in [0.717, 1.165) is 11.2 Å². The summed E-state index contributed by atoms with van der Waals surface area (Å²) in [6.45, 7) is 2.32. The van der Waals surface area contributed by atoms with E-state index in [9.17, 15) is 0 Å². The molecule has 0 bridgehead atoms. The van der Waals surface area contributed by atoms with Gasteiger partial charge >= 0.3 is 0 Å². The van der Waals surface area contributed by atoms with Gasteiger partial charge in [-0.2, -0.15) is 0 Å². The van der Waals surface area contributed by atoms with Crippen LogP contribution in [-0.2, 0) is 0 Å². The molecule has 0 aliphatic carbocycles. The van der Waals surface area contributed by atoms with Crippen LogP contribution >= 0.6 is 0 Å². The summed E-state index contributed by atoms with van der Waals surface area (Å²) >= 11 is 0. The van der Waals surface area contributed by atoms with Gasteiger partial charge < -0.3 is 14.1 Å². The number of para-hydroxylation sites is 3. The molecule has 0 radical (unpaired) electrons. The van der Waals surface area contributed by atoms with Gasteiger partial charge in [0.1, 0.15) is 0 Å². The SMILES string of the molecule is CC(c1cccc(-c2ccccc2)c1)n1c2ccccc2c2cc(-n3c4ccccc4c4ccc5c6ccccc6[nH]c5c43)ccc21. The second-order valence-electron chi connectivity index (χ2n) is 12.7. The van der Waals surface area contributed by atoms with Crippen molar-refractivity contribution in [3.8, 4) is 16.8 Å². The van der Waals surface area contributed by atoms with Crippen molar-refractivity contribution in [1.29, 1.82) is 0 Å². The number of hydrogen-bond donors (Lipinski definition) is 1. The number of rotatable bonds is 4. The van der Waals surface area contributed by atoms with Crippen LogP contribution in [0.25, 0.3) is 82.2 Å². The Morgan fingerprint density at radius 3 is 1.98 bits per heavy atom. The maximum absolute atomic E-state index is 3.79. The van der Waals surface area contributed by atoms with Gasteiger partial charge in [0.05, 0.1) is 22.6 Å². The lowest BCUT2D eigenvalue weighted by Crippen LogP contribution is -2.06. The van der Waals surface area contributed by atoms with E-state index in [2.05, 4.69) is 179 Å². The molecule has 222 valence electrons. The van der Waals surface area contributed by atoms with E-state index in [1.54, 1.807) is 0 Å². The molecule has 0 saturated carbocycles. The maximum Gasteiger partial charge on any atom is 0.0783 e. The van der Waals surface area contributed by atoms with E-state index in [1.165, 1.54) is 76.6 Å². The Hall–Kier alpha value is -6.06. The molecule has 3 heteroatoms. The predicted octanol–water partition coefficient (Wildman–Crippen LogP) is 11.8. The molecule has 7 aromatic carbocycles. The molecule has 0 aliphatic heterocycles. The third kappa shape index (κ3) is 3.80. The molecule has 0 aliphatic rings. The smallest absolute Gasteiger partial charge is 0.0783 e. The molecule has 3 aromatic heterocycles. The topological polar surface area (TPSA) is 25.6 Å². The number of nitrogens with one attached hydrogen (secondary N) is 1. The van der Waals surface area contributed by atoms with Gasteiger partial charge in [0.15, 0.2) is 0 Å². The van der Waals surface area contributed by atoms with Gasteiger partial charge in [-0.1, -0.05) is 115 Å². The summed E-state index contributed by atoms with van der Waals surface area (Å²) in [5.41, 5.74) is 12.2. The predicted molar refractivity (Wildman–Crippen MR) is 199 cm³/mol. The maximum atomic E-state index is 3.79. The molecule has 47 heavy (non-hydrogen) atoms. The number of H-pyrrole nitrogens is 1. The molecule has 0 amide bonds. The lowest BCUT2D eigenvalue weighted by molar-refractivity contribution is 0.685. The van der Waals surface area contributed by atoms with Gasteiger partial charge in [0, 0.05) is 54.6 Å². The third-order valence-corrected chi connectivity index (χ3v) is 10.1. The second-order valence-corrected chi connectivity index (χ2v) is 12.7. The lowest BCUT2D eigenvalue weighted by atomic mass is 10.00. The Bertz CT molecular complexity index is 2810. The number of nitrogens with zero attached hydrogens (tertiary/aromatic N) is 2. The summed E-state index contributed by atoms with van der Waals surface area (Å²) in [6.07, 6.45) is 0. The Morgan fingerprint density at radius 2 is 1.13 bits per heavy atom. The van der Waals surface area contributed by atoms with Crippen LogP contribution in [0, 0.1) is 0 Å². The number of benzene rings is 7.